The topological polar surface area (TPSA) is 79.5 Å². The number of benzene rings is 1. The third kappa shape index (κ3) is 3.25. The van der Waals surface area contributed by atoms with Gasteiger partial charge in [-0.3, -0.25) is 9.59 Å². The van der Waals surface area contributed by atoms with Crippen molar-refractivity contribution in [3.63, 3.8) is 0 Å². The number of anilines is 1. The molecule has 110 valence electrons. The number of carbonyl (C=O) groups is 2. The highest BCUT2D eigenvalue weighted by Crippen LogP contribution is 2.25. The van der Waals surface area contributed by atoms with Gasteiger partial charge < -0.3 is 14.8 Å². The molecule has 1 aromatic heterocycles. The first-order chi connectivity index (χ1) is 9.80. The lowest BCUT2D eigenvalue weighted by molar-refractivity contribution is -0.142. The second kappa shape index (κ2) is 5.61. The van der Waals surface area contributed by atoms with Crippen molar-refractivity contribution in [2.24, 2.45) is 0 Å². The molecule has 0 atom stereocenters. The van der Waals surface area contributed by atoms with Crippen molar-refractivity contribution in [1.82, 2.24) is 0 Å². The lowest BCUT2D eigenvalue weighted by Gasteiger charge is -2.19. The SMILES string of the molecule is CC(C)(C(=O)O)c1ccc(NC(=O)c2ccc(Cl)o2)cc1. The molecule has 0 saturated carbocycles. The molecule has 1 amide bonds. The Kier molecular flexibility index (Phi) is 4.04. The summed E-state index contributed by atoms with van der Waals surface area (Å²) in [6.45, 7) is 3.24. The van der Waals surface area contributed by atoms with Crippen LogP contribution < -0.4 is 5.32 Å². The van der Waals surface area contributed by atoms with Gasteiger partial charge in [0.05, 0.1) is 5.41 Å². The van der Waals surface area contributed by atoms with E-state index in [2.05, 4.69) is 5.32 Å². The molecular weight excluding hydrogens is 294 g/mol. The zero-order valence-corrected chi connectivity index (χ0v) is 12.3. The van der Waals surface area contributed by atoms with Crippen molar-refractivity contribution in [2.45, 2.75) is 19.3 Å². The summed E-state index contributed by atoms with van der Waals surface area (Å²) in [5, 5.41) is 11.9. The largest absolute Gasteiger partial charge is 0.481 e. The van der Waals surface area contributed by atoms with Gasteiger partial charge in [0.15, 0.2) is 11.0 Å². The molecule has 5 nitrogen and oxygen atoms in total. The molecule has 2 rings (SSSR count). The van der Waals surface area contributed by atoms with Crippen LogP contribution in [0.1, 0.15) is 30.0 Å². The van der Waals surface area contributed by atoms with Crippen LogP contribution in [0.2, 0.25) is 5.22 Å². The van der Waals surface area contributed by atoms with Gasteiger partial charge in [0, 0.05) is 5.69 Å². The highest BCUT2D eigenvalue weighted by atomic mass is 35.5. The average molecular weight is 308 g/mol. The average Bonchev–Trinajstić information content (AvgIpc) is 2.86. The summed E-state index contributed by atoms with van der Waals surface area (Å²) in [5.41, 5.74) is 0.198. The molecule has 2 N–H and O–H groups in total. The molecule has 0 unspecified atom stereocenters. The number of hydrogen-bond donors (Lipinski definition) is 2. The van der Waals surface area contributed by atoms with Gasteiger partial charge >= 0.3 is 5.97 Å². The van der Waals surface area contributed by atoms with Crippen molar-refractivity contribution < 1.29 is 19.1 Å². The van der Waals surface area contributed by atoms with E-state index in [9.17, 15) is 9.59 Å². The lowest BCUT2D eigenvalue weighted by Crippen LogP contribution is -2.28. The van der Waals surface area contributed by atoms with E-state index in [1.165, 1.54) is 12.1 Å². The zero-order chi connectivity index (χ0) is 15.6. The van der Waals surface area contributed by atoms with Crippen LogP contribution in [-0.4, -0.2) is 17.0 Å². The molecule has 0 bridgehead atoms. The van der Waals surface area contributed by atoms with Crippen molar-refractivity contribution in [3.05, 3.63) is 52.9 Å². The van der Waals surface area contributed by atoms with Crippen molar-refractivity contribution >= 4 is 29.2 Å². The fourth-order valence-electron chi connectivity index (χ4n) is 1.72. The van der Waals surface area contributed by atoms with Gasteiger partial charge in [0.25, 0.3) is 5.91 Å². The maximum Gasteiger partial charge on any atom is 0.313 e. The molecule has 0 aliphatic rings. The Hall–Kier alpha value is -2.27. The van der Waals surface area contributed by atoms with E-state index in [1.54, 1.807) is 38.1 Å². The van der Waals surface area contributed by atoms with E-state index >= 15 is 0 Å². The van der Waals surface area contributed by atoms with E-state index < -0.39 is 17.3 Å². The fourth-order valence-corrected chi connectivity index (χ4v) is 1.87. The molecule has 0 radical (unpaired) electrons. The predicted molar refractivity (Wildman–Crippen MR) is 78.8 cm³/mol. The quantitative estimate of drug-likeness (QED) is 0.905. The summed E-state index contributed by atoms with van der Waals surface area (Å²) in [5.74, 6) is -1.23. The minimum atomic E-state index is -0.989. The first kappa shape index (κ1) is 15.1. The van der Waals surface area contributed by atoms with Gasteiger partial charge in [0.2, 0.25) is 0 Å². The van der Waals surface area contributed by atoms with Gasteiger partial charge in [-0.25, -0.2) is 0 Å². The van der Waals surface area contributed by atoms with Crippen molar-refractivity contribution in [3.8, 4) is 0 Å². The summed E-state index contributed by atoms with van der Waals surface area (Å²) in [6.07, 6.45) is 0. The van der Waals surface area contributed by atoms with Crippen LogP contribution in [0.25, 0.3) is 0 Å². The van der Waals surface area contributed by atoms with Crippen molar-refractivity contribution in [2.75, 3.05) is 5.32 Å². The maximum atomic E-state index is 11.9. The third-order valence-corrected chi connectivity index (χ3v) is 3.40. The molecule has 0 spiro atoms. The van der Waals surface area contributed by atoms with Crippen LogP contribution >= 0.6 is 11.6 Å². The smallest absolute Gasteiger partial charge is 0.313 e. The monoisotopic (exact) mass is 307 g/mol. The molecular formula is C15H14ClNO4. The Morgan fingerprint density at radius 2 is 1.76 bits per heavy atom. The number of halogens is 1. The number of amides is 1. The van der Waals surface area contributed by atoms with Gasteiger partial charge in [-0.15, -0.1) is 0 Å². The van der Waals surface area contributed by atoms with E-state index in [4.69, 9.17) is 21.1 Å². The lowest BCUT2D eigenvalue weighted by atomic mass is 9.85. The zero-order valence-electron chi connectivity index (χ0n) is 11.5. The molecule has 2 aromatic rings. The first-order valence-corrected chi connectivity index (χ1v) is 6.59. The fraction of sp³-hybridized carbons (Fsp3) is 0.200. The number of rotatable bonds is 4. The Labute approximate surface area is 126 Å². The predicted octanol–water partition coefficient (Wildman–Crippen LogP) is 3.55. The molecule has 0 aliphatic carbocycles. The molecule has 0 fully saturated rings. The Morgan fingerprint density at radius 1 is 1.14 bits per heavy atom. The number of hydrogen-bond acceptors (Lipinski definition) is 3. The number of furan rings is 1. The molecule has 1 heterocycles. The summed E-state index contributed by atoms with van der Waals surface area (Å²) >= 11 is 5.61. The minimum absolute atomic E-state index is 0.106. The molecule has 21 heavy (non-hydrogen) atoms. The van der Waals surface area contributed by atoms with E-state index in [0.717, 1.165) is 0 Å². The number of carboxylic acids is 1. The molecule has 0 aliphatic heterocycles. The van der Waals surface area contributed by atoms with Crippen LogP contribution in [0.5, 0.6) is 0 Å². The summed E-state index contributed by atoms with van der Waals surface area (Å²) < 4.78 is 5.00. The van der Waals surface area contributed by atoms with Crippen LogP contribution in [0.4, 0.5) is 5.69 Å². The molecule has 1 aromatic carbocycles. The Morgan fingerprint density at radius 3 is 2.24 bits per heavy atom. The number of carbonyl (C=O) groups excluding carboxylic acids is 1. The van der Waals surface area contributed by atoms with Crippen LogP contribution in [0, 0.1) is 0 Å². The second-order valence-electron chi connectivity index (χ2n) is 5.07. The Bertz CT molecular complexity index is 673. The van der Waals surface area contributed by atoms with Crippen LogP contribution in [0.15, 0.2) is 40.8 Å². The first-order valence-electron chi connectivity index (χ1n) is 6.21. The van der Waals surface area contributed by atoms with Crippen molar-refractivity contribution in [1.29, 1.82) is 0 Å². The highest BCUT2D eigenvalue weighted by molar-refractivity contribution is 6.29. The van der Waals surface area contributed by atoms with Gasteiger partial charge in [-0.2, -0.15) is 0 Å². The molecule has 0 saturated heterocycles. The summed E-state index contributed by atoms with van der Waals surface area (Å²) in [7, 11) is 0. The third-order valence-electron chi connectivity index (χ3n) is 3.20. The standard InChI is InChI=1S/C15H14ClNO4/c1-15(2,14(19)20)9-3-5-10(6-4-9)17-13(18)11-7-8-12(16)21-11/h3-8H,1-2H3,(H,17,18)(H,19,20). The van der Waals surface area contributed by atoms with E-state index in [-0.39, 0.29) is 11.0 Å². The maximum absolute atomic E-state index is 11.9. The number of aliphatic carboxylic acids is 1. The minimum Gasteiger partial charge on any atom is -0.481 e. The van der Waals surface area contributed by atoms with E-state index in [0.29, 0.717) is 11.3 Å². The number of carboxylic acid groups (broad SMARTS) is 1. The van der Waals surface area contributed by atoms with E-state index in [1.807, 2.05) is 0 Å². The Balaban J connectivity index is 2.13. The second-order valence-corrected chi connectivity index (χ2v) is 5.44. The number of nitrogens with one attached hydrogen (secondary N) is 1. The molecule has 6 heteroatoms. The normalized spacial score (nSPS) is 11.2. The van der Waals surface area contributed by atoms with Gasteiger partial charge in [0.1, 0.15) is 0 Å². The summed E-state index contributed by atoms with van der Waals surface area (Å²) in [6, 6.07) is 9.57. The van der Waals surface area contributed by atoms with Crippen LogP contribution in [-0.2, 0) is 10.2 Å². The highest BCUT2D eigenvalue weighted by Gasteiger charge is 2.29. The van der Waals surface area contributed by atoms with Gasteiger partial charge in [-0.05, 0) is 55.3 Å². The van der Waals surface area contributed by atoms with Crippen LogP contribution in [0.3, 0.4) is 0 Å². The summed E-state index contributed by atoms with van der Waals surface area (Å²) in [4.78, 5) is 23.0. The van der Waals surface area contributed by atoms with Gasteiger partial charge in [-0.1, -0.05) is 12.1 Å².